The van der Waals surface area contributed by atoms with Gasteiger partial charge in [-0.2, -0.15) is 0 Å². The quantitative estimate of drug-likeness (QED) is 0.544. The fourth-order valence-electron chi connectivity index (χ4n) is 2.37. The van der Waals surface area contributed by atoms with Crippen molar-refractivity contribution >= 4 is 5.91 Å². The molecular formula is C22H37NO3. The van der Waals surface area contributed by atoms with Gasteiger partial charge in [0.05, 0.1) is 0 Å². The third-order valence-corrected chi connectivity index (χ3v) is 4.77. The van der Waals surface area contributed by atoms with E-state index < -0.39 is 0 Å². The lowest BCUT2D eigenvalue weighted by Gasteiger charge is -2.29. The summed E-state index contributed by atoms with van der Waals surface area (Å²) in [5.41, 5.74) is 0.775. The molecule has 0 aliphatic carbocycles. The van der Waals surface area contributed by atoms with Crippen LogP contribution in [0.2, 0.25) is 0 Å². The number of rotatable bonds is 11. The lowest BCUT2D eigenvalue weighted by atomic mass is 10.0. The van der Waals surface area contributed by atoms with Crippen LogP contribution in [-0.4, -0.2) is 23.7 Å². The molecule has 0 fully saturated rings. The summed E-state index contributed by atoms with van der Waals surface area (Å²) in [5, 5.41) is 2.84. The van der Waals surface area contributed by atoms with Crippen LogP contribution in [0.1, 0.15) is 79.7 Å². The average molecular weight is 364 g/mol. The molecule has 1 amide bonds. The first-order valence-electron chi connectivity index (χ1n) is 9.84. The van der Waals surface area contributed by atoms with Gasteiger partial charge >= 0.3 is 0 Å². The summed E-state index contributed by atoms with van der Waals surface area (Å²) in [4.78, 5) is 11.0. The van der Waals surface area contributed by atoms with E-state index in [9.17, 15) is 4.79 Å². The summed E-state index contributed by atoms with van der Waals surface area (Å²) in [6.07, 6.45) is 4.75. The highest BCUT2D eigenvalue weighted by atomic mass is 16.5. The van der Waals surface area contributed by atoms with E-state index in [0.29, 0.717) is 0 Å². The van der Waals surface area contributed by atoms with Crippen molar-refractivity contribution in [2.24, 2.45) is 0 Å². The number of carbonyl (C=O) groups excluding carboxylic acids is 1. The second-order valence-electron chi connectivity index (χ2n) is 8.14. The van der Waals surface area contributed by atoms with Gasteiger partial charge in [-0.15, -0.1) is 0 Å². The van der Waals surface area contributed by atoms with Crippen LogP contribution in [-0.2, 0) is 11.2 Å². The number of nitrogens with one attached hydrogen (secondary N) is 1. The molecule has 0 aromatic heterocycles. The summed E-state index contributed by atoms with van der Waals surface area (Å²) < 4.78 is 12.5. The molecule has 0 bridgehead atoms. The minimum Gasteiger partial charge on any atom is -0.488 e. The molecule has 0 saturated carbocycles. The van der Waals surface area contributed by atoms with Crippen molar-refractivity contribution in [2.75, 3.05) is 6.54 Å². The number of hydrogen-bond acceptors (Lipinski definition) is 3. The standard InChI is InChI=1S/C22H37NO3/c1-8-21(4,5)25-19-14-13-18(12-10-11-15-23-17(3)24)20(16-19)26-22(6,7)9-2/h13-14,16H,8-12,15H2,1-7H3,(H,23,24). The van der Waals surface area contributed by atoms with Crippen LogP contribution in [0.15, 0.2) is 18.2 Å². The lowest BCUT2D eigenvalue weighted by Crippen LogP contribution is -2.28. The van der Waals surface area contributed by atoms with Gasteiger partial charge in [0, 0.05) is 19.5 Å². The summed E-state index contributed by atoms with van der Waals surface area (Å²) in [5.74, 6) is 1.78. The highest BCUT2D eigenvalue weighted by Gasteiger charge is 2.21. The predicted octanol–water partition coefficient (Wildman–Crippen LogP) is 5.28. The van der Waals surface area contributed by atoms with Crippen molar-refractivity contribution in [2.45, 2.75) is 91.8 Å². The van der Waals surface area contributed by atoms with E-state index in [1.165, 1.54) is 5.56 Å². The Kier molecular flexibility index (Phi) is 8.45. The third-order valence-electron chi connectivity index (χ3n) is 4.77. The Labute approximate surface area is 159 Å². The van der Waals surface area contributed by atoms with E-state index in [2.05, 4.69) is 52.9 Å². The van der Waals surface area contributed by atoms with E-state index in [1.807, 2.05) is 12.1 Å². The number of carbonyl (C=O) groups is 1. The zero-order valence-electron chi connectivity index (χ0n) is 17.7. The van der Waals surface area contributed by atoms with Gasteiger partial charge in [0.25, 0.3) is 0 Å². The molecule has 0 saturated heterocycles. The van der Waals surface area contributed by atoms with E-state index in [4.69, 9.17) is 9.47 Å². The molecule has 26 heavy (non-hydrogen) atoms. The van der Waals surface area contributed by atoms with Gasteiger partial charge in [0.15, 0.2) is 0 Å². The predicted molar refractivity (Wildman–Crippen MR) is 108 cm³/mol. The first kappa shape index (κ1) is 22.3. The molecule has 4 nitrogen and oxygen atoms in total. The van der Waals surface area contributed by atoms with Crippen LogP contribution in [0.3, 0.4) is 0 Å². The van der Waals surface area contributed by atoms with Gasteiger partial charge in [-0.25, -0.2) is 0 Å². The fourth-order valence-corrected chi connectivity index (χ4v) is 2.37. The lowest BCUT2D eigenvalue weighted by molar-refractivity contribution is -0.118. The second kappa shape index (κ2) is 9.84. The molecule has 1 aromatic rings. The Balaban J connectivity index is 2.88. The number of unbranched alkanes of at least 4 members (excludes halogenated alkanes) is 1. The number of aryl methyl sites for hydroxylation is 1. The van der Waals surface area contributed by atoms with Gasteiger partial charge in [-0.3, -0.25) is 4.79 Å². The molecule has 1 aromatic carbocycles. The fraction of sp³-hybridized carbons (Fsp3) is 0.682. The highest BCUT2D eigenvalue weighted by molar-refractivity contribution is 5.72. The van der Waals surface area contributed by atoms with E-state index in [-0.39, 0.29) is 17.1 Å². The van der Waals surface area contributed by atoms with Gasteiger partial charge in [0.1, 0.15) is 22.7 Å². The average Bonchev–Trinajstić information content (AvgIpc) is 2.55. The molecule has 0 atom stereocenters. The Hall–Kier alpha value is -1.71. The summed E-state index contributed by atoms with van der Waals surface area (Å²) in [7, 11) is 0. The first-order chi connectivity index (χ1) is 12.1. The van der Waals surface area contributed by atoms with Crippen molar-refractivity contribution < 1.29 is 14.3 Å². The number of amides is 1. The van der Waals surface area contributed by atoms with Crippen LogP contribution < -0.4 is 14.8 Å². The molecule has 0 aliphatic heterocycles. The molecule has 148 valence electrons. The van der Waals surface area contributed by atoms with E-state index in [0.717, 1.165) is 50.1 Å². The van der Waals surface area contributed by atoms with Crippen LogP contribution in [0.5, 0.6) is 11.5 Å². The third kappa shape index (κ3) is 8.11. The van der Waals surface area contributed by atoms with Crippen molar-refractivity contribution in [3.63, 3.8) is 0 Å². The Morgan fingerprint density at radius 1 is 1.00 bits per heavy atom. The van der Waals surface area contributed by atoms with Crippen LogP contribution in [0.4, 0.5) is 0 Å². The molecule has 0 heterocycles. The largest absolute Gasteiger partial charge is 0.488 e. The molecule has 4 heteroatoms. The minimum absolute atomic E-state index is 0.0266. The zero-order valence-corrected chi connectivity index (χ0v) is 17.7. The van der Waals surface area contributed by atoms with Crippen molar-refractivity contribution in [1.29, 1.82) is 0 Å². The topological polar surface area (TPSA) is 47.6 Å². The number of ether oxygens (including phenoxy) is 2. The Morgan fingerprint density at radius 3 is 2.19 bits per heavy atom. The minimum atomic E-state index is -0.218. The van der Waals surface area contributed by atoms with Crippen LogP contribution in [0.25, 0.3) is 0 Å². The maximum atomic E-state index is 11.0. The van der Waals surface area contributed by atoms with Crippen LogP contribution >= 0.6 is 0 Å². The molecular weight excluding hydrogens is 326 g/mol. The van der Waals surface area contributed by atoms with Crippen LogP contribution in [0, 0.1) is 0 Å². The second-order valence-corrected chi connectivity index (χ2v) is 8.14. The molecule has 0 spiro atoms. The number of benzene rings is 1. The summed E-state index contributed by atoms with van der Waals surface area (Å²) >= 11 is 0. The zero-order chi connectivity index (χ0) is 19.8. The normalized spacial score (nSPS) is 12.0. The van der Waals surface area contributed by atoms with Crippen molar-refractivity contribution in [1.82, 2.24) is 5.32 Å². The molecule has 1 rings (SSSR count). The molecule has 1 N–H and O–H groups in total. The van der Waals surface area contributed by atoms with Gasteiger partial charge in [0.2, 0.25) is 5.91 Å². The van der Waals surface area contributed by atoms with Crippen molar-refractivity contribution in [3.8, 4) is 11.5 Å². The molecule has 0 unspecified atom stereocenters. The smallest absolute Gasteiger partial charge is 0.216 e. The highest BCUT2D eigenvalue weighted by Crippen LogP contribution is 2.32. The SMILES string of the molecule is CCC(C)(C)Oc1ccc(CCCCNC(C)=O)c(OC(C)(C)CC)c1. The Bertz CT molecular complexity index is 579. The molecule has 0 aliphatic rings. The van der Waals surface area contributed by atoms with Gasteiger partial charge in [-0.05, 0) is 71.4 Å². The van der Waals surface area contributed by atoms with Crippen molar-refractivity contribution in [3.05, 3.63) is 23.8 Å². The molecule has 0 radical (unpaired) electrons. The van der Waals surface area contributed by atoms with E-state index >= 15 is 0 Å². The first-order valence-corrected chi connectivity index (χ1v) is 9.84. The monoisotopic (exact) mass is 363 g/mol. The van der Waals surface area contributed by atoms with E-state index in [1.54, 1.807) is 6.92 Å². The maximum Gasteiger partial charge on any atom is 0.216 e. The summed E-state index contributed by atoms with van der Waals surface area (Å²) in [6, 6.07) is 6.17. The maximum absolute atomic E-state index is 11.0. The van der Waals surface area contributed by atoms with Gasteiger partial charge in [-0.1, -0.05) is 19.9 Å². The van der Waals surface area contributed by atoms with Gasteiger partial charge < -0.3 is 14.8 Å². The Morgan fingerprint density at radius 2 is 1.62 bits per heavy atom. The number of hydrogen-bond donors (Lipinski definition) is 1. The summed E-state index contributed by atoms with van der Waals surface area (Å²) in [6.45, 7) is 14.9.